The van der Waals surface area contributed by atoms with E-state index in [0.717, 1.165) is 43.4 Å². The van der Waals surface area contributed by atoms with Crippen molar-refractivity contribution < 1.29 is 9.59 Å². The molecule has 0 saturated heterocycles. The molecule has 2 nitrogen and oxygen atoms in total. The van der Waals surface area contributed by atoms with Crippen molar-refractivity contribution in [3.63, 3.8) is 0 Å². The van der Waals surface area contributed by atoms with E-state index in [1.807, 2.05) is 6.92 Å². The van der Waals surface area contributed by atoms with E-state index in [9.17, 15) is 9.59 Å². The predicted octanol–water partition coefficient (Wildman–Crippen LogP) is 4.80. The number of rotatable bonds is 1. The van der Waals surface area contributed by atoms with Gasteiger partial charge in [0, 0.05) is 18.8 Å². The van der Waals surface area contributed by atoms with E-state index >= 15 is 0 Å². The van der Waals surface area contributed by atoms with Crippen LogP contribution in [0.3, 0.4) is 0 Å². The monoisotopic (exact) mass is 316 g/mol. The van der Waals surface area contributed by atoms with Gasteiger partial charge < -0.3 is 0 Å². The topological polar surface area (TPSA) is 34.1 Å². The van der Waals surface area contributed by atoms with Gasteiger partial charge in [-0.1, -0.05) is 13.8 Å². The van der Waals surface area contributed by atoms with E-state index in [0.29, 0.717) is 28.8 Å². The third-order valence-electron chi connectivity index (χ3n) is 8.97. The Morgan fingerprint density at radius 3 is 2.43 bits per heavy atom. The molecular weight excluding hydrogens is 284 g/mol. The molecule has 7 atom stereocenters. The maximum atomic E-state index is 12.2. The van der Waals surface area contributed by atoms with Crippen molar-refractivity contribution in [3.05, 3.63) is 0 Å². The highest BCUT2D eigenvalue weighted by Gasteiger charge is 2.60. The molecule has 128 valence electrons. The Bertz CT molecular complexity index is 538. The van der Waals surface area contributed by atoms with Crippen molar-refractivity contribution in [2.45, 2.75) is 78.6 Å². The summed E-state index contributed by atoms with van der Waals surface area (Å²) in [5, 5.41) is 0. The van der Waals surface area contributed by atoms with Gasteiger partial charge in [-0.3, -0.25) is 9.59 Å². The van der Waals surface area contributed by atoms with E-state index < -0.39 is 0 Å². The van der Waals surface area contributed by atoms with Gasteiger partial charge in [-0.05, 0) is 86.4 Å². The second-order valence-electron chi connectivity index (χ2n) is 9.68. The van der Waals surface area contributed by atoms with Crippen molar-refractivity contribution in [1.29, 1.82) is 0 Å². The molecule has 0 heterocycles. The van der Waals surface area contributed by atoms with Gasteiger partial charge in [0.25, 0.3) is 0 Å². The van der Waals surface area contributed by atoms with Crippen LogP contribution in [-0.2, 0) is 9.59 Å². The van der Waals surface area contributed by atoms with E-state index in [-0.39, 0.29) is 5.41 Å². The molecule has 4 rings (SSSR count). The molecule has 0 spiro atoms. The lowest BCUT2D eigenvalue weighted by atomic mass is 9.44. The summed E-state index contributed by atoms with van der Waals surface area (Å²) in [4.78, 5) is 24.1. The standard InChI is InChI=1S/C21H32O2/c1-13(22)17-6-7-18-16-5-4-14-12-15(23)8-10-20(14,2)19(16)9-11-21(17,18)3/h14,16-19H,4-12H2,1-3H3/t14-,16+,17-,18-,19-,20-,21-/m1/s1. The van der Waals surface area contributed by atoms with Gasteiger partial charge in [-0.15, -0.1) is 0 Å². The average molecular weight is 316 g/mol. The molecule has 4 saturated carbocycles. The van der Waals surface area contributed by atoms with Crippen molar-refractivity contribution in [1.82, 2.24) is 0 Å². The molecule has 0 amide bonds. The Kier molecular flexibility index (Phi) is 3.56. The molecule has 0 aromatic carbocycles. The van der Waals surface area contributed by atoms with Gasteiger partial charge in [-0.25, -0.2) is 0 Å². The lowest BCUT2D eigenvalue weighted by Gasteiger charge is -2.60. The van der Waals surface area contributed by atoms with Crippen molar-refractivity contribution in [3.8, 4) is 0 Å². The average Bonchev–Trinajstić information content (AvgIpc) is 2.85. The maximum absolute atomic E-state index is 12.2. The fourth-order valence-corrected chi connectivity index (χ4v) is 7.71. The zero-order valence-electron chi connectivity index (χ0n) is 15.1. The molecule has 0 bridgehead atoms. The number of hydrogen-bond acceptors (Lipinski definition) is 2. The Labute approximate surface area is 140 Å². The van der Waals surface area contributed by atoms with Gasteiger partial charge in [0.15, 0.2) is 0 Å². The first kappa shape index (κ1) is 15.8. The molecule has 0 radical (unpaired) electrons. The SMILES string of the molecule is CC(=O)[C@H]1CC[C@@H]2[C@@H]3CC[C@@H]4CC(=O)CC[C@@]4(C)[C@@H]3CC[C@]12C. The number of ketones is 2. The van der Waals surface area contributed by atoms with Crippen LogP contribution in [0.15, 0.2) is 0 Å². The Morgan fingerprint density at radius 1 is 0.957 bits per heavy atom. The minimum absolute atomic E-state index is 0.265. The van der Waals surface area contributed by atoms with Crippen LogP contribution >= 0.6 is 0 Å². The lowest BCUT2D eigenvalue weighted by molar-refractivity contribution is -0.143. The second kappa shape index (κ2) is 5.17. The molecule has 0 aromatic rings. The van der Waals surface area contributed by atoms with E-state index in [1.54, 1.807) is 0 Å². The number of carbonyl (C=O) groups excluding carboxylic acids is 2. The maximum Gasteiger partial charge on any atom is 0.133 e. The van der Waals surface area contributed by atoms with Crippen molar-refractivity contribution in [2.24, 2.45) is 40.4 Å². The zero-order chi connectivity index (χ0) is 16.4. The minimum atomic E-state index is 0.265. The summed E-state index contributed by atoms with van der Waals surface area (Å²) in [5.74, 6) is 4.25. The van der Waals surface area contributed by atoms with Gasteiger partial charge >= 0.3 is 0 Å². The molecule has 4 aliphatic carbocycles. The minimum Gasteiger partial charge on any atom is -0.300 e. The number of fused-ring (bicyclic) bond motifs is 5. The fraction of sp³-hybridized carbons (Fsp3) is 0.905. The Hall–Kier alpha value is -0.660. The molecule has 23 heavy (non-hydrogen) atoms. The molecule has 2 heteroatoms. The van der Waals surface area contributed by atoms with Crippen LogP contribution in [0.2, 0.25) is 0 Å². The van der Waals surface area contributed by atoms with E-state index in [2.05, 4.69) is 13.8 Å². The first-order valence-corrected chi connectivity index (χ1v) is 9.88. The second-order valence-corrected chi connectivity index (χ2v) is 9.68. The fourth-order valence-electron chi connectivity index (χ4n) is 7.71. The van der Waals surface area contributed by atoms with Crippen LogP contribution in [0.1, 0.15) is 78.6 Å². The quantitative estimate of drug-likeness (QED) is 0.696. The van der Waals surface area contributed by atoms with Crippen LogP contribution in [0, 0.1) is 40.4 Å². The summed E-state index contributed by atoms with van der Waals surface area (Å²) < 4.78 is 0. The summed E-state index contributed by atoms with van der Waals surface area (Å²) in [6.07, 6.45) is 10.3. The molecule has 0 aliphatic heterocycles. The highest BCUT2D eigenvalue weighted by Crippen LogP contribution is 2.67. The largest absolute Gasteiger partial charge is 0.300 e. The third-order valence-corrected chi connectivity index (χ3v) is 8.97. The number of hydrogen-bond donors (Lipinski definition) is 0. The summed E-state index contributed by atoms with van der Waals surface area (Å²) in [7, 11) is 0. The molecule has 4 fully saturated rings. The molecular formula is C21H32O2. The van der Waals surface area contributed by atoms with Gasteiger partial charge in [-0.2, -0.15) is 0 Å². The van der Waals surface area contributed by atoms with Crippen LogP contribution in [-0.4, -0.2) is 11.6 Å². The predicted molar refractivity (Wildman–Crippen MR) is 90.9 cm³/mol. The zero-order valence-corrected chi connectivity index (χ0v) is 15.1. The first-order chi connectivity index (χ1) is 10.9. The summed E-state index contributed by atoms with van der Waals surface area (Å²) in [6, 6.07) is 0. The summed E-state index contributed by atoms with van der Waals surface area (Å²) in [5.41, 5.74) is 0.660. The van der Waals surface area contributed by atoms with Crippen molar-refractivity contribution >= 4 is 11.6 Å². The lowest BCUT2D eigenvalue weighted by Crippen LogP contribution is -2.53. The van der Waals surface area contributed by atoms with Gasteiger partial charge in [0.2, 0.25) is 0 Å². The van der Waals surface area contributed by atoms with Crippen LogP contribution in [0.5, 0.6) is 0 Å². The molecule has 0 N–H and O–H groups in total. The molecule has 0 unspecified atom stereocenters. The van der Waals surface area contributed by atoms with Gasteiger partial charge in [0.05, 0.1) is 0 Å². The van der Waals surface area contributed by atoms with Crippen molar-refractivity contribution in [2.75, 3.05) is 0 Å². The normalized spacial score (nSPS) is 52.5. The van der Waals surface area contributed by atoms with Crippen LogP contribution in [0.4, 0.5) is 0 Å². The highest BCUT2D eigenvalue weighted by molar-refractivity contribution is 5.80. The van der Waals surface area contributed by atoms with Crippen LogP contribution in [0.25, 0.3) is 0 Å². The molecule has 0 aromatic heterocycles. The van der Waals surface area contributed by atoms with Gasteiger partial charge in [0.1, 0.15) is 11.6 Å². The third kappa shape index (κ3) is 2.12. The smallest absolute Gasteiger partial charge is 0.133 e. The summed E-state index contributed by atoms with van der Waals surface area (Å²) in [6.45, 7) is 6.74. The number of Topliss-reactive ketones (excluding diaryl/α,β-unsaturated/α-hetero) is 2. The van der Waals surface area contributed by atoms with E-state index in [4.69, 9.17) is 0 Å². The Balaban J connectivity index is 1.63. The number of carbonyl (C=O) groups is 2. The molecule has 4 aliphatic rings. The first-order valence-electron chi connectivity index (χ1n) is 9.88. The van der Waals surface area contributed by atoms with Crippen LogP contribution < -0.4 is 0 Å². The summed E-state index contributed by atoms with van der Waals surface area (Å²) >= 11 is 0. The Morgan fingerprint density at radius 2 is 1.70 bits per heavy atom. The van der Waals surface area contributed by atoms with E-state index in [1.165, 1.54) is 32.1 Å². The highest BCUT2D eigenvalue weighted by atomic mass is 16.1.